The third-order valence-corrected chi connectivity index (χ3v) is 5.32. The maximum atomic E-state index is 12.1. The molecule has 7 nitrogen and oxygen atoms in total. The van der Waals surface area contributed by atoms with Gasteiger partial charge in [-0.15, -0.1) is 10.2 Å². The Kier molecular flexibility index (Phi) is 5.29. The van der Waals surface area contributed by atoms with Gasteiger partial charge in [-0.2, -0.15) is 0 Å². The topological polar surface area (TPSA) is 86.5 Å². The second-order valence-corrected chi connectivity index (χ2v) is 7.39. The number of hydrogen-bond acceptors (Lipinski definition) is 7. The molecule has 138 valence electrons. The van der Waals surface area contributed by atoms with Crippen LogP contribution in [0.15, 0.2) is 33.9 Å². The molecular weight excluding hydrogens is 354 g/mol. The van der Waals surface area contributed by atoms with Gasteiger partial charge in [0.25, 0.3) is 11.1 Å². The Bertz CT molecular complexity index is 760. The molecular formula is C18H21N3O4S. The molecule has 2 aromatic rings. The summed E-state index contributed by atoms with van der Waals surface area (Å²) in [7, 11) is 0. The van der Waals surface area contributed by atoms with Gasteiger partial charge in [0.05, 0.1) is 5.75 Å². The minimum atomic E-state index is -0.442. The molecule has 0 unspecified atom stereocenters. The molecule has 1 aliphatic carbocycles. The molecule has 0 saturated heterocycles. The quantitative estimate of drug-likeness (QED) is 0.804. The smallest absolute Gasteiger partial charge is 0.277 e. The van der Waals surface area contributed by atoms with Crippen LogP contribution in [0.4, 0.5) is 0 Å². The fourth-order valence-corrected chi connectivity index (χ4v) is 3.77. The highest BCUT2D eigenvalue weighted by Crippen LogP contribution is 2.35. The highest BCUT2D eigenvalue weighted by molar-refractivity contribution is 7.99. The average Bonchev–Trinajstić information content (AvgIpc) is 3.16. The first-order valence-electron chi connectivity index (χ1n) is 8.92. The van der Waals surface area contributed by atoms with Crippen LogP contribution in [0.5, 0.6) is 11.5 Å². The van der Waals surface area contributed by atoms with Crippen molar-refractivity contribution in [1.82, 2.24) is 15.5 Å². The van der Waals surface area contributed by atoms with E-state index in [2.05, 4.69) is 15.5 Å². The van der Waals surface area contributed by atoms with Crippen LogP contribution < -0.4 is 14.8 Å². The Morgan fingerprint density at radius 2 is 1.96 bits per heavy atom. The number of fused-ring (bicyclic) bond motifs is 1. The average molecular weight is 375 g/mol. The zero-order chi connectivity index (χ0) is 17.8. The predicted molar refractivity (Wildman–Crippen MR) is 95.3 cm³/mol. The van der Waals surface area contributed by atoms with Crippen LogP contribution in [-0.4, -0.2) is 34.5 Å². The summed E-state index contributed by atoms with van der Waals surface area (Å²) in [5, 5.41) is 11.5. The summed E-state index contributed by atoms with van der Waals surface area (Å²) in [4.78, 5) is 12.1. The van der Waals surface area contributed by atoms with Gasteiger partial charge < -0.3 is 19.2 Å². The third-order valence-electron chi connectivity index (χ3n) is 4.50. The molecule has 0 radical (unpaired) electrons. The van der Waals surface area contributed by atoms with Crippen molar-refractivity contribution in [3.63, 3.8) is 0 Å². The number of carbonyl (C=O) groups is 1. The minimum Gasteiger partial charge on any atom is -0.485 e. The number of aromatic nitrogens is 2. The van der Waals surface area contributed by atoms with Crippen LogP contribution in [0.3, 0.4) is 0 Å². The Morgan fingerprint density at radius 1 is 1.15 bits per heavy atom. The van der Waals surface area contributed by atoms with Gasteiger partial charge in [-0.1, -0.05) is 43.2 Å². The number of hydrogen-bond donors (Lipinski definition) is 1. The van der Waals surface area contributed by atoms with E-state index in [4.69, 9.17) is 13.9 Å². The number of thioether (sulfide) groups is 1. The van der Waals surface area contributed by atoms with Crippen LogP contribution >= 0.6 is 11.8 Å². The van der Waals surface area contributed by atoms with E-state index >= 15 is 0 Å². The van der Waals surface area contributed by atoms with Crippen molar-refractivity contribution < 1.29 is 18.7 Å². The van der Waals surface area contributed by atoms with E-state index in [0.29, 0.717) is 35.3 Å². The monoisotopic (exact) mass is 375 g/mol. The first-order chi connectivity index (χ1) is 12.8. The van der Waals surface area contributed by atoms with Crippen LogP contribution in [0.25, 0.3) is 0 Å². The summed E-state index contributed by atoms with van der Waals surface area (Å²) in [5.41, 5.74) is 0. The summed E-state index contributed by atoms with van der Waals surface area (Å²) in [6.45, 7) is 0.311. The number of nitrogens with zero attached hydrogens (tertiary/aromatic N) is 2. The van der Waals surface area contributed by atoms with Crippen LogP contribution in [0, 0.1) is 0 Å². The highest BCUT2D eigenvalue weighted by atomic mass is 32.2. The molecule has 1 aliphatic heterocycles. The van der Waals surface area contributed by atoms with E-state index in [-0.39, 0.29) is 11.7 Å². The van der Waals surface area contributed by atoms with E-state index in [1.54, 1.807) is 0 Å². The molecule has 0 bridgehead atoms. The fraction of sp³-hybridized carbons (Fsp3) is 0.500. The Hall–Kier alpha value is -2.22. The zero-order valence-corrected chi connectivity index (χ0v) is 15.2. The molecule has 2 heterocycles. The van der Waals surface area contributed by atoms with Crippen molar-refractivity contribution in [2.75, 3.05) is 12.4 Å². The first-order valence-corrected chi connectivity index (χ1v) is 9.90. The van der Waals surface area contributed by atoms with Crippen molar-refractivity contribution >= 4 is 17.7 Å². The maximum Gasteiger partial charge on any atom is 0.277 e. The molecule has 8 heteroatoms. The minimum absolute atomic E-state index is 0.00725. The van der Waals surface area contributed by atoms with Crippen molar-refractivity contribution in [2.45, 2.75) is 49.5 Å². The lowest BCUT2D eigenvalue weighted by Crippen LogP contribution is -2.37. The summed E-state index contributed by atoms with van der Waals surface area (Å²) >= 11 is 1.24. The van der Waals surface area contributed by atoms with Crippen LogP contribution in [-0.2, 0) is 4.79 Å². The van der Waals surface area contributed by atoms with Gasteiger partial charge in [0.2, 0.25) is 12.0 Å². The van der Waals surface area contributed by atoms with Gasteiger partial charge in [-0.25, -0.2) is 0 Å². The lowest BCUT2D eigenvalue weighted by Gasteiger charge is -2.23. The molecule has 26 heavy (non-hydrogen) atoms. The van der Waals surface area contributed by atoms with Gasteiger partial charge >= 0.3 is 0 Å². The van der Waals surface area contributed by atoms with Crippen LogP contribution in [0.2, 0.25) is 0 Å². The lowest BCUT2D eigenvalue weighted by molar-refractivity contribution is -0.119. The fourth-order valence-electron chi connectivity index (χ4n) is 3.19. The van der Waals surface area contributed by atoms with Gasteiger partial charge in [-0.05, 0) is 25.0 Å². The van der Waals surface area contributed by atoms with Gasteiger partial charge in [-0.3, -0.25) is 4.79 Å². The summed E-state index contributed by atoms with van der Waals surface area (Å²) < 4.78 is 17.1. The molecule has 4 rings (SSSR count). The van der Waals surface area contributed by atoms with Gasteiger partial charge in [0, 0.05) is 6.04 Å². The standard InChI is InChI=1S/C18H21N3O4S/c22-16(19-12-6-2-1-3-7-12)11-26-18-21-20-17(25-18)15-10-23-13-8-4-5-9-14(13)24-15/h4-5,8-9,12,15H,1-3,6-7,10-11H2,(H,19,22)/t15-/m1/s1. The molecule has 1 aromatic carbocycles. The second kappa shape index (κ2) is 7.99. The number of para-hydroxylation sites is 2. The van der Waals surface area contributed by atoms with Gasteiger partial charge in [0.1, 0.15) is 6.61 Å². The van der Waals surface area contributed by atoms with E-state index < -0.39 is 6.10 Å². The highest BCUT2D eigenvalue weighted by Gasteiger charge is 2.27. The SMILES string of the molecule is O=C(CSc1nnc([C@H]2COc3ccccc3O2)o1)NC1CCCCC1. The van der Waals surface area contributed by atoms with E-state index in [1.807, 2.05) is 24.3 Å². The number of benzene rings is 1. The Labute approximate surface area is 155 Å². The third kappa shape index (κ3) is 4.12. The number of nitrogens with one attached hydrogen (secondary N) is 1. The van der Waals surface area contributed by atoms with Crippen molar-refractivity contribution in [2.24, 2.45) is 0 Å². The zero-order valence-electron chi connectivity index (χ0n) is 14.3. The van der Waals surface area contributed by atoms with E-state index in [1.165, 1.54) is 31.0 Å². The molecule has 0 spiro atoms. The van der Waals surface area contributed by atoms with Crippen LogP contribution in [0.1, 0.15) is 44.1 Å². The molecule has 1 N–H and O–H groups in total. The van der Waals surface area contributed by atoms with Crippen molar-refractivity contribution in [3.05, 3.63) is 30.2 Å². The lowest BCUT2D eigenvalue weighted by atomic mass is 9.95. The molecule has 1 amide bonds. The number of ether oxygens (including phenoxy) is 2. The van der Waals surface area contributed by atoms with Gasteiger partial charge in [0.15, 0.2) is 11.5 Å². The maximum absolute atomic E-state index is 12.1. The normalized spacial score (nSPS) is 19.9. The number of rotatable bonds is 5. The molecule has 1 aromatic heterocycles. The van der Waals surface area contributed by atoms with Crippen molar-refractivity contribution in [1.29, 1.82) is 0 Å². The molecule has 1 atom stereocenters. The Morgan fingerprint density at radius 3 is 2.81 bits per heavy atom. The first kappa shape index (κ1) is 17.2. The summed E-state index contributed by atoms with van der Waals surface area (Å²) in [5.74, 6) is 1.99. The molecule has 1 fully saturated rings. The summed E-state index contributed by atoms with van der Waals surface area (Å²) in [6.07, 6.45) is 5.35. The second-order valence-electron chi connectivity index (χ2n) is 6.46. The largest absolute Gasteiger partial charge is 0.485 e. The van der Waals surface area contributed by atoms with E-state index in [9.17, 15) is 4.79 Å². The Balaban J connectivity index is 1.29. The predicted octanol–water partition coefficient (Wildman–Crippen LogP) is 3.12. The van der Waals surface area contributed by atoms with E-state index in [0.717, 1.165) is 12.8 Å². The summed E-state index contributed by atoms with van der Waals surface area (Å²) in [6, 6.07) is 7.77. The van der Waals surface area contributed by atoms with Crippen molar-refractivity contribution in [3.8, 4) is 11.5 Å². The molecule has 1 saturated carbocycles. The number of amides is 1. The molecule has 2 aliphatic rings. The number of carbonyl (C=O) groups excluding carboxylic acids is 1.